The van der Waals surface area contributed by atoms with Gasteiger partial charge in [-0.15, -0.1) is 0 Å². The fourth-order valence-corrected chi connectivity index (χ4v) is 3.23. The molecule has 0 saturated carbocycles. The molecule has 0 aromatic rings. The van der Waals surface area contributed by atoms with Crippen molar-refractivity contribution >= 4 is 0 Å². The van der Waals surface area contributed by atoms with Gasteiger partial charge in [-0.3, -0.25) is 4.90 Å². The number of azide groups is 1. The van der Waals surface area contributed by atoms with Crippen molar-refractivity contribution in [3.8, 4) is 0 Å². The fraction of sp³-hybridized carbons (Fsp3) is 1.00. The fourth-order valence-electron chi connectivity index (χ4n) is 3.23. The molecule has 18 nitrogen and oxygen atoms in total. The number of ether oxygens (including phenoxy) is 4. The molecule has 40 heavy (non-hydrogen) atoms. The monoisotopic (exact) mass is 590 g/mol. The summed E-state index contributed by atoms with van der Waals surface area (Å²) in [5.74, 6) is 0. The van der Waals surface area contributed by atoms with Crippen molar-refractivity contribution in [3.05, 3.63) is 10.4 Å². The van der Waals surface area contributed by atoms with Crippen LogP contribution in [0.25, 0.3) is 10.4 Å². The van der Waals surface area contributed by atoms with E-state index in [-0.39, 0.29) is 46.0 Å². The van der Waals surface area contributed by atoms with Crippen molar-refractivity contribution < 1.29 is 70.0 Å². The Bertz CT molecular complexity index is 621. The Morgan fingerprint density at radius 1 is 0.550 bits per heavy atom. The Labute approximate surface area is 232 Å². The first-order valence-corrected chi connectivity index (χ1v) is 12.8. The summed E-state index contributed by atoms with van der Waals surface area (Å²) in [7, 11) is 0. The summed E-state index contributed by atoms with van der Waals surface area (Å²) >= 11 is 0. The van der Waals surface area contributed by atoms with E-state index in [0.717, 1.165) is 0 Å². The Morgan fingerprint density at radius 2 is 0.900 bits per heavy atom. The summed E-state index contributed by atoms with van der Waals surface area (Å²) in [6.45, 7) is -0.137. The molecule has 0 aromatic heterocycles. The Kier molecular flexibility index (Phi) is 23.5. The van der Waals surface area contributed by atoms with Crippen LogP contribution < -0.4 is 0 Å². The van der Waals surface area contributed by atoms with Gasteiger partial charge in [0.05, 0.1) is 78.3 Å². The van der Waals surface area contributed by atoms with E-state index in [4.69, 9.17) is 34.7 Å². The van der Waals surface area contributed by atoms with E-state index in [1.54, 1.807) is 0 Å². The zero-order chi connectivity index (χ0) is 30.3. The van der Waals surface area contributed by atoms with Crippen molar-refractivity contribution in [2.24, 2.45) is 5.11 Å². The van der Waals surface area contributed by atoms with Crippen LogP contribution in [0.3, 0.4) is 0 Å². The first kappa shape index (κ1) is 38.7. The van der Waals surface area contributed by atoms with Crippen molar-refractivity contribution in [1.29, 1.82) is 0 Å². The van der Waals surface area contributed by atoms with Gasteiger partial charge >= 0.3 is 0 Å². The molecule has 0 radical (unpaired) electrons. The summed E-state index contributed by atoms with van der Waals surface area (Å²) in [5, 5.41) is 101. The number of rotatable bonds is 27. The van der Waals surface area contributed by atoms with Gasteiger partial charge in [0.25, 0.3) is 0 Å². The average molecular weight is 591 g/mol. The van der Waals surface area contributed by atoms with E-state index in [2.05, 4.69) is 10.0 Å². The molecule has 0 aliphatic carbocycles. The van der Waals surface area contributed by atoms with Gasteiger partial charge in [0.2, 0.25) is 0 Å². The average Bonchev–Trinajstić information content (AvgIpc) is 2.96. The molecule has 0 aromatic carbocycles. The number of aliphatic hydroxyl groups excluding tert-OH is 10. The van der Waals surface area contributed by atoms with Crippen LogP contribution in [0.5, 0.6) is 0 Å². The summed E-state index contributed by atoms with van der Waals surface area (Å²) in [4.78, 5) is 3.94. The van der Waals surface area contributed by atoms with Gasteiger partial charge in [-0.05, 0) is 5.53 Å². The van der Waals surface area contributed by atoms with Crippen molar-refractivity contribution in [3.63, 3.8) is 0 Å². The second-order valence-electron chi connectivity index (χ2n) is 8.76. The van der Waals surface area contributed by atoms with Crippen molar-refractivity contribution in [1.82, 2.24) is 4.90 Å². The second-order valence-corrected chi connectivity index (χ2v) is 8.76. The molecule has 0 aliphatic rings. The zero-order valence-corrected chi connectivity index (χ0v) is 22.4. The third-order valence-corrected chi connectivity index (χ3v) is 5.61. The molecule has 18 heteroatoms. The highest BCUT2D eigenvalue weighted by Crippen LogP contribution is 2.10. The molecule has 0 amide bonds. The minimum absolute atomic E-state index is 0.0354. The van der Waals surface area contributed by atoms with E-state index in [1.807, 2.05) is 0 Å². The van der Waals surface area contributed by atoms with Crippen LogP contribution in [0.15, 0.2) is 5.11 Å². The van der Waals surface area contributed by atoms with Crippen LogP contribution in [0.4, 0.5) is 0 Å². The number of nitrogens with zero attached hydrogens (tertiary/aromatic N) is 4. The third kappa shape index (κ3) is 17.5. The van der Waals surface area contributed by atoms with Crippen molar-refractivity contribution in [2.75, 3.05) is 92.2 Å². The van der Waals surface area contributed by atoms with E-state index < -0.39 is 62.0 Å². The lowest BCUT2D eigenvalue weighted by Crippen LogP contribution is -2.53. The van der Waals surface area contributed by atoms with Crippen LogP contribution in [0.1, 0.15) is 0 Å². The summed E-state index contributed by atoms with van der Waals surface area (Å²) < 4.78 is 21.3. The first-order valence-electron chi connectivity index (χ1n) is 12.8. The topological polar surface area (TPSA) is 291 Å². The number of hydrogen-bond donors (Lipinski definition) is 10. The van der Waals surface area contributed by atoms with Crippen LogP contribution in [-0.4, -0.2) is 197 Å². The molecule has 8 atom stereocenters. The molecule has 0 heterocycles. The molecule has 0 saturated heterocycles. The summed E-state index contributed by atoms with van der Waals surface area (Å²) in [6, 6.07) is 0. The highest BCUT2D eigenvalue weighted by molar-refractivity contribution is 4.86. The Hall–Kier alpha value is -1.29. The normalized spacial score (nSPS) is 18.0. The van der Waals surface area contributed by atoms with Gasteiger partial charge in [-0.1, -0.05) is 5.11 Å². The minimum atomic E-state index is -1.87. The van der Waals surface area contributed by atoms with E-state index in [1.165, 1.54) is 4.90 Å². The number of hydrogen-bond acceptors (Lipinski definition) is 16. The lowest BCUT2D eigenvalue weighted by molar-refractivity contribution is -0.131. The minimum Gasteiger partial charge on any atom is -0.394 e. The maximum Gasteiger partial charge on any atom is 0.111 e. The van der Waals surface area contributed by atoms with Gasteiger partial charge in [0.15, 0.2) is 0 Å². The highest BCUT2D eigenvalue weighted by Gasteiger charge is 2.34. The van der Waals surface area contributed by atoms with Gasteiger partial charge in [0.1, 0.15) is 36.6 Å². The lowest BCUT2D eigenvalue weighted by atomic mass is 10.0. The summed E-state index contributed by atoms with van der Waals surface area (Å²) in [6.07, 6.45) is -14.2. The lowest BCUT2D eigenvalue weighted by Gasteiger charge is -2.33. The van der Waals surface area contributed by atoms with Gasteiger partial charge in [-0.25, -0.2) is 0 Å². The molecule has 0 spiro atoms. The van der Waals surface area contributed by atoms with Crippen LogP contribution in [-0.2, 0) is 18.9 Å². The standard InChI is InChI=1S/C22H46N4O14/c23-25-24-1-3-37-5-7-39-9-10-40-8-6-38-4-2-26(11-15(29)19(33)21(35)17(31)13-27)12-16(30)20(34)22(36)18(32)14-28/h15-22,27-36H,1-14H2/t15-,16-,17+,18+,19+,20+,21+,22+/m0/s1. The largest absolute Gasteiger partial charge is 0.394 e. The van der Waals surface area contributed by atoms with Gasteiger partial charge < -0.3 is 70.0 Å². The third-order valence-electron chi connectivity index (χ3n) is 5.61. The Morgan fingerprint density at radius 3 is 1.27 bits per heavy atom. The quantitative estimate of drug-likeness (QED) is 0.0185. The SMILES string of the molecule is [N-]=[N+]=NCCOCCOCCOCCOCCN(C[C@H](O)[C@@H](O)[C@H](O)[C@H](O)CO)C[C@H](O)[C@@H](O)[C@H](O)[C@H](O)CO. The second kappa shape index (κ2) is 24.3. The van der Waals surface area contributed by atoms with Gasteiger partial charge in [0, 0.05) is 31.1 Å². The summed E-state index contributed by atoms with van der Waals surface area (Å²) in [5.41, 5.74) is 8.13. The molecule has 0 fully saturated rings. The van der Waals surface area contributed by atoms with Crippen LogP contribution in [0.2, 0.25) is 0 Å². The molecule has 238 valence electrons. The highest BCUT2D eigenvalue weighted by atomic mass is 16.6. The molecular formula is C22H46N4O14. The van der Waals surface area contributed by atoms with E-state index in [9.17, 15) is 40.9 Å². The predicted molar refractivity (Wildman–Crippen MR) is 136 cm³/mol. The maximum absolute atomic E-state index is 10.3. The first-order chi connectivity index (χ1) is 19.1. The molecule has 0 rings (SSSR count). The smallest absolute Gasteiger partial charge is 0.111 e. The van der Waals surface area contributed by atoms with Crippen LogP contribution in [0, 0.1) is 0 Å². The van der Waals surface area contributed by atoms with Crippen LogP contribution >= 0.6 is 0 Å². The van der Waals surface area contributed by atoms with Gasteiger partial charge in [-0.2, -0.15) is 0 Å². The maximum atomic E-state index is 10.3. The predicted octanol–water partition coefficient (Wildman–Crippen LogP) is -5.46. The van der Waals surface area contributed by atoms with E-state index in [0.29, 0.717) is 33.0 Å². The van der Waals surface area contributed by atoms with Crippen molar-refractivity contribution in [2.45, 2.75) is 48.8 Å². The molecule has 0 bridgehead atoms. The van der Waals surface area contributed by atoms with E-state index >= 15 is 0 Å². The zero-order valence-electron chi connectivity index (χ0n) is 22.4. The molecule has 0 unspecified atom stereocenters. The molecular weight excluding hydrogens is 544 g/mol. The Balaban J connectivity index is 4.53. The molecule has 10 N–H and O–H groups in total. The molecule has 0 aliphatic heterocycles. The number of aliphatic hydroxyl groups is 10.